The number of nitrogens with one attached hydrogen (secondary N) is 1. The molecule has 3 N–H and O–H groups in total. The standard InChI is InChI=1S/C14H13BrN2O2/c1-19-11-5-2-9(3-6-11)14(18)17-13-8-10(15)4-7-12(13)16/h2-8H,16H2,1H3,(H,17,18). The van der Waals surface area contributed by atoms with Crippen LogP contribution in [0, 0.1) is 0 Å². The van der Waals surface area contributed by atoms with E-state index < -0.39 is 0 Å². The van der Waals surface area contributed by atoms with Crippen LogP contribution in [0.5, 0.6) is 5.75 Å². The van der Waals surface area contributed by atoms with Gasteiger partial charge in [-0.15, -0.1) is 0 Å². The zero-order chi connectivity index (χ0) is 13.8. The second-order valence-corrected chi connectivity index (χ2v) is 4.83. The largest absolute Gasteiger partial charge is 0.497 e. The van der Waals surface area contributed by atoms with Gasteiger partial charge in [-0.3, -0.25) is 4.79 Å². The molecule has 0 bridgehead atoms. The third kappa shape index (κ3) is 3.26. The Morgan fingerprint density at radius 2 is 1.89 bits per heavy atom. The van der Waals surface area contributed by atoms with Gasteiger partial charge in [0, 0.05) is 10.0 Å². The molecule has 0 aromatic heterocycles. The van der Waals surface area contributed by atoms with Gasteiger partial charge in [0.1, 0.15) is 5.75 Å². The Morgan fingerprint density at radius 3 is 2.53 bits per heavy atom. The summed E-state index contributed by atoms with van der Waals surface area (Å²) in [5, 5.41) is 2.77. The lowest BCUT2D eigenvalue weighted by Crippen LogP contribution is -2.13. The summed E-state index contributed by atoms with van der Waals surface area (Å²) in [4.78, 5) is 12.1. The molecule has 2 aromatic rings. The number of methoxy groups -OCH3 is 1. The van der Waals surface area contributed by atoms with Crippen molar-refractivity contribution in [2.75, 3.05) is 18.2 Å². The molecular formula is C14H13BrN2O2. The summed E-state index contributed by atoms with van der Waals surface area (Å²) >= 11 is 3.34. The van der Waals surface area contributed by atoms with Crippen LogP contribution in [-0.2, 0) is 0 Å². The smallest absolute Gasteiger partial charge is 0.255 e. The minimum absolute atomic E-state index is 0.215. The van der Waals surface area contributed by atoms with Crippen LogP contribution in [0.2, 0.25) is 0 Å². The summed E-state index contributed by atoms with van der Waals surface area (Å²) in [7, 11) is 1.58. The lowest BCUT2D eigenvalue weighted by Gasteiger charge is -2.09. The van der Waals surface area contributed by atoms with Gasteiger partial charge < -0.3 is 15.8 Å². The van der Waals surface area contributed by atoms with Crippen molar-refractivity contribution in [3.63, 3.8) is 0 Å². The molecule has 4 nitrogen and oxygen atoms in total. The van der Waals surface area contributed by atoms with Crippen molar-refractivity contribution in [1.82, 2.24) is 0 Å². The zero-order valence-electron chi connectivity index (χ0n) is 10.3. The van der Waals surface area contributed by atoms with Crippen LogP contribution in [0.15, 0.2) is 46.9 Å². The van der Waals surface area contributed by atoms with Crippen molar-refractivity contribution in [3.8, 4) is 5.75 Å². The molecule has 0 saturated heterocycles. The van der Waals surface area contributed by atoms with Crippen molar-refractivity contribution >= 4 is 33.2 Å². The van der Waals surface area contributed by atoms with E-state index >= 15 is 0 Å². The highest BCUT2D eigenvalue weighted by Gasteiger charge is 2.08. The molecule has 1 amide bonds. The molecule has 2 rings (SSSR count). The number of halogens is 1. The minimum Gasteiger partial charge on any atom is -0.497 e. The normalized spacial score (nSPS) is 10.0. The highest BCUT2D eigenvalue weighted by Crippen LogP contribution is 2.24. The molecular weight excluding hydrogens is 308 g/mol. The fourth-order valence-electron chi connectivity index (χ4n) is 1.57. The number of ether oxygens (including phenoxy) is 1. The van der Waals surface area contributed by atoms with Crippen LogP contribution in [-0.4, -0.2) is 13.0 Å². The molecule has 0 fully saturated rings. The van der Waals surface area contributed by atoms with E-state index in [9.17, 15) is 4.79 Å². The Labute approximate surface area is 119 Å². The Kier molecular flexibility index (Phi) is 4.06. The first-order valence-electron chi connectivity index (χ1n) is 5.60. The first-order valence-corrected chi connectivity index (χ1v) is 6.40. The quantitative estimate of drug-likeness (QED) is 0.853. The second kappa shape index (κ2) is 5.75. The second-order valence-electron chi connectivity index (χ2n) is 3.91. The Bertz CT molecular complexity index is 597. The van der Waals surface area contributed by atoms with Gasteiger partial charge in [-0.25, -0.2) is 0 Å². The van der Waals surface area contributed by atoms with Crippen LogP contribution in [0.25, 0.3) is 0 Å². The molecule has 2 aromatic carbocycles. The maximum absolute atomic E-state index is 12.1. The van der Waals surface area contributed by atoms with Gasteiger partial charge in [-0.05, 0) is 42.5 Å². The van der Waals surface area contributed by atoms with Crippen molar-refractivity contribution in [2.45, 2.75) is 0 Å². The highest BCUT2D eigenvalue weighted by atomic mass is 79.9. The number of anilines is 2. The van der Waals surface area contributed by atoms with Gasteiger partial charge in [0.15, 0.2) is 0 Å². The van der Waals surface area contributed by atoms with Crippen molar-refractivity contribution in [2.24, 2.45) is 0 Å². The fourth-order valence-corrected chi connectivity index (χ4v) is 1.93. The Morgan fingerprint density at radius 1 is 1.21 bits per heavy atom. The third-order valence-corrected chi connectivity index (χ3v) is 3.11. The zero-order valence-corrected chi connectivity index (χ0v) is 11.9. The van der Waals surface area contributed by atoms with Gasteiger partial charge in [-0.1, -0.05) is 15.9 Å². The van der Waals surface area contributed by atoms with E-state index in [2.05, 4.69) is 21.2 Å². The lowest BCUT2D eigenvalue weighted by atomic mass is 10.2. The van der Waals surface area contributed by atoms with E-state index in [0.29, 0.717) is 22.7 Å². The highest BCUT2D eigenvalue weighted by molar-refractivity contribution is 9.10. The number of hydrogen-bond acceptors (Lipinski definition) is 3. The third-order valence-electron chi connectivity index (χ3n) is 2.62. The number of amides is 1. The molecule has 19 heavy (non-hydrogen) atoms. The molecule has 0 spiro atoms. The molecule has 5 heteroatoms. The number of hydrogen-bond donors (Lipinski definition) is 2. The SMILES string of the molecule is COc1ccc(C(=O)Nc2cc(Br)ccc2N)cc1. The van der Waals surface area contributed by atoms with Gasteiger partial charge >= 0.3 is 0 Å². The molecule has 0 heterocycles. The van der Waals surface area contributed by atoms with E-state index in [1.54, 1.807) is 43.5 Å². The first-order chi connectivity index (χ1) is 9.10. The number of nitrogens with two attached hydrogens (primary N) is 1. The molecule has 0 radical (unpaired) electrons. The van der Waals surface area contributed by atoms with Gasteiger partial charge in [0.25, 0.3) is 5.91 Å². The lowest BCUT2D eigenvalue weighted by molar-refractivity contribution is 0.102. The maximum Gasteiger partial charge on any atom is 0.255 e. The van der Waals surface area contributed by atoms with Crippen LogP contribution in [0.3, 0.4) is 0 Å². The fraction of sp³-hybridized carbons (Fsp3) is 0.0714. The topological polar surface area (TPSA) is 64.3 Å². The number of carbonyl (C=O) groups excluding carboxylic acids is 1. The van der Waals surface area contributed by atoms with Crippen LogP contribution in [0.1, 0.15) is 10.4 Å². The van der Waals surface area contributed by atoms with Gasteiger partial charge in [0.05, 0.1) is 18.5 Å². The van der Waals surface area contributed by atoms with Crippen LogP contribution < -0.4 is 15.8 Å². The summed E-state index contributed by atoms with van der Waals surface area (Å²) in [6, 6.07) is 12.2. The summed E-state index contributed by atoms with van der Waals surface area (Å²) < 4.78 is 5.90. The monoisotopic (exact) mass is 320 g/mol. The minimum atomic E-state index is -0.215. The number of benzene rings is 2. The molecule has 98 valence electrons. The molecule has 0 atom stereocenters. The summed E-state index contributed by atoms with van der Waals surface area (Å²) in [6.07, 6.45) is 0. The molecule has 0 aliphatic heterocycles. The molecule has 0 saturated carbocycles. The van der Waals surface area contributed by atoms with E-state index in [1.165, 1.54) is 0 Å². The van der Waals surface area contributed by atoms with Crippen molar-refractivity contribution < 1.29 is 9.53 Å². The van der Waals surface area contributed by atoms with Crippen LogP contribution in [0.4, 0.5) is 11.4 Å². The van der Waals surface area contributed by atoms with E-state index in [4.69, 9.17) is 10.5 Å². The van der Waals surface area contributed by atoms with E-state index in [0.717, 1.165) is 4.47 Å². The summed E-state index contributed by atoms with van der Waals surface area (Å²) in [5.74, 6) is 0.492. The Balaban J connectivity index is 2.18. The van der Waals surface area contributed by atoms with Crippen LogP contribution >= 0.6 is 15.9 Å². The molecule has 0 aliphatic rings. The maximum atomic E-state index is 12.1. The Hall–Kier alpha value is -2.01. The average molecular weight is 321 g/mol. The predicted octanol–water partition coefficient (Wildman–Crippen LogP) is 3.29. The van der Waals surface area contributed by atoms with Gasteiger partial charge in [0.2, 0.25) is 0 Å². The summed E-state index contributed by atoms with van der Waals surface area (Å²) in [5.41, 5.74) is 7.45. The number of nitrogen functional groups attached to an aromatic ring is 1. The molecule has 0 aliphatic carbocycles. The van der Waals surface area contributed by atoms with Crippen molar-refractivity contribution in [3.05, 3.63) is 52.5 Å². The first kappa shape index (κ1) is 13.4. The van der Waals surface area contributed by atoms with E-state index in [-0.39, 0.29) is 5.91 Å². The predicted molar refractivity (Wildman–Crippen MR) is 79.5 cm³/mol. The molecule has 0 unspecified atom stereocenters. The number of carbonyl (C=O) groups is 1. The van der Waals surface area contributed by atoms with Gasteiger partial charge in [-0.2, -0.15) is 0 Å². The average Bonchev–Trinajstić information content (AvgIpc) is 2.43. The summed E-state index contributed by atoms with van der Waals surface area (Å²) in [6.45, 7) is 0. The van der Waals surface area contributed by atoms with Crippen molar-refractivity contribution in [1.29, 1.82) is 0 Å². The van der Waals surface area contributed by atoms with E-state index in [1.807, 2.05) is 6.07 Å². The number of rotatable bonds is 3.